The quantitative estimate of drug-likeness (QED) is 0.333. The van der Waals surface area contributed by atoms with Gasteiger partial charge in [0.05, 0.1) is 0 Å². The average molecular weight is 270 g/mol. The van der Waals surface area contributed by atoms with Crippen molar-refractivity contribution in [1.29, 1.82) is 0 Å². The van der Waals surface area contributed by atoms with Gasteiger partial charge in [0.2, 0.25) is 0 Å². The van der Waals surface area contributed by atoms with Crippen LogP contribution in [-0.4, -0.2) is 17.6 Å². The maximum atomic E-state index is 8.69. The fraction of sp³-hybridized carbons (Fsp3) is 0.462. The first-order chi connectivity index (χ1) is 8.38. The molecule has 4 N–H and O–H groups in total. The molecule has 1 rings (SSSR count). The van der Waals surface area contributed by atoms with E-state index < -0.39 is 0 Å². The third-order valence-corrected chi connectivity index (χ3v) is 3.54. The fourth-order valence-corrected chi connectivity index (χ4v) is 1.75. The number of nitrogens with zero attached hydrogens (tertiary/aromatic N) is 1. The smallest absolute Gasteiger partial charge is 0.144 e. The molecular weight excluding hydrogens is 250 g/mol. The number of nitrogens with one attached hydrogen (secondary N) is 1. The number of amidine groups is 1. The zero-order valence-corrected chi connectivity index (χ0v) is 11.8. The number of nitrogens with two attached hydrogens (primary N) is 1. The molecule has 0 saturated carbocycles. The molecule has 0 heterocycles. The molecule has 0 amide bonds. The number of hydrogen-bond acceptors (Lipinski definition) is 3. The highest BCUT2D eigenvalue weighted by Gasteiger charge is 2.22. The molecule has 18 heavy (non-hydrogen) atoms. The Morgan fingerprint density at radius 1 is 1.50 bits per heavy atom. The number of benzene rings is 1. The normalized spacial score (nSPS) is 12.6. The van der Waals surface area contributed by atoms with E-state index in [9.17, 15) is 0 Å². The van der Waals surface area contributed by atoms with Crippen LogP contribution in [0.1, 0.15) is 25.8 Å². The van der Waals surface area contributed by atoms with E-state index in [1.165, 1.54) is 0 Å². The summed E-state index contributed by atoms with van der Waals surface area (Å²) in [4.78, 5) is 0. The van der Waals surface area contributed by atoms with Gasteiger partial charge in [-0.15, -0.1) is 0 Å². The van der Waals surface area contributed by atoms with Crippen molar-refractivity contribution in [2.24, 2.45) is 16.3 Å². The zero-order chi connectivity index (χ0) is 13.8. The number of anilines is 1. The Morgan fingerprint density at radius 2 is 2.17 bits per heavy atom. The molecule has 1 aromatic carbocycles. The Kier molecular flexibility index (Phi) is 4.84. The standard InChI is InChI=1S/C13H20ClN3O/c1-9-10(14)5-4-6-11(9)16-8-7-13(2,3)12(15)17-18/h4-6,16,18H,7-8H2,1-3H3,(H2,15,17). The summed E-state index contributed by atoms with van der Waals surface area (Å²) in [5.41, 5.74) is 7.34. The minimum atomic E-state index is -0.339. The molecule has 0 atom stereocenters. The highest BCUT2D eigenvalue weighted by molar-refractivity contribution is 6.31. The van der Waals surface area contributed by atoms with E-state index in [1.54, 1.807) is 0 Å². The van der Waals surface area contributed by atoms with Gasteiger partial charge in [-0.2, -0.15) is 0 Å². The van der Waals surface area contributed by atoms with Gasteiger partial charge < -0.3 is 16.3 Å². The molecule has 1 aromatic rings. The predicted octanol–water partition coefficient (Wildman–Crippen LogP) is 3.22. The van der Waals surface area contributed by atoms with Crippen LogP contribution in [0.25, 0.3) is 0 Å². The summed E-state index contributed by atoms with van der Waals surface area (Å²) in [6.07, 6.45) is 0.759. The molecule has 0 aromatic heterocycles. The van der Waals surface area contributed by atoms with Crippen LogP contribution in [0.15, 0.2) is 23.4 Å². The summed E-state index contributed by atoms with van der Waals surface area (Å²) < 4.78 is 0. The van der Waals surface area contributed by atoms with Crippen LogP contribution in [0.5, 0.6) is 0 Å². The first-order valence-corrected chi connectivity index (χ1v) is 6.23. The van der Waals surface area contributed by atoms with E-state index in [4.69, 9.17) is 22.5 Å². The van der Waals surface area contributed by atoms with Crippen LogP contribution in [0, 0.1) is 12.3 Å². The van der Waals surface area contributed by atoms with Crippen molar-refractivity contribution >= 4 is 23.1 Å². The molecule has 0 spiro atoms. The Hall–Kier alpha value is -1.42. The number of oxime groups is 1. The lowest BCUT2D eigenvalue weighted by atomic mass is 9.88. The van der Waals surface area contributed by atoms with Gasteiger partial charge in [0, 0.05) is 22.7 Å². The summed E-state index contributed by atoms with van der Waals surface area (Å²) in [7, 11) is 0. The van der Waals surface area contributed by atoms with Crippen LogP contribution < -0.4 is 11.1 Å². The van der Waals surface area contributed by atoms with Crippen molar-refractivity contribution in [3.8, 4) is 0 Å². The van der Waals surface area contributed by atoms with E-state index in [-0.39, 0.29) is 11.3 Å². The van der Waals surface area contributed by atoms with Gasteiger partial charge in [0.1, 0.15) is 5.84 Å². The first kappa shape index (κ1) is 14.6. The lowest BCUT2D eigenvalue weighted by molar-refractivity contribution is 0.306. The average Bonchev–Trinajstić information content (AvgIpc) is 2.33. The molecule has 0 saturated heterocycles. The highest BCUT2D eigenvalue weighted by atomic mass is 35.5. The molecule has 0 aliphatic rings. The molecule has 0 fully saturated rings. The van der Waals surface area contributed by atoms with E-state index >= 15 is 0 Å². The van der Waals surface area contributed by atoms with Crippen molar-refractivity contribution < 1.29 is 5.21 Å². The van der Waals surface area contributed by atoms with Crippen molar-refractivity contribution in [3.05, 3.63) is 28.8 Å². The van der Waals surface area contributed by atoms with Gasteiger partial charge in [0.25, 0.3) is 0 Å². The molecule has 0 bridgehead atoms. The van der Waals surface area contributed by atoms with Crippen molar-refractivity contribution in [2.75, 3.05) is 11.9 Å². The Balaban J connectivity index is 2.60. The topological polar surface area (TPSA) is 70.6 Å². The molecular formula is C13H20ClN3O. The van der Waals surface area contributed by atoms with E-state index in [0.717, 1.165) is 29.2 Å². The summed E-state index contributed by atoms with van der Waals surface area (Å²) in [5.74, 6) is 0.243. The molecule has 0 aliphatic heterocycles. The first-order valence-electron chi connectivity index (χ1n) is 5.85. The van der Waals surface area contributed by atoms with E-state index in [1.807, 2.05) is 39.0 Å². The van der Waals surface area contributed by atoms with Crippen molar-refractivity contribution in [2.45, 2.75) is 27.2 Å². The SMILES string of the molecule is Cc1c(Cl)cccc1NCCC(C)(C)C(N)=NO. The Labute approximate surface area is 113 Å². The lowest BCUT2D eigenvalue weighted by Crippen LogP contribution is -2.33. The number of halogens is 1. The van der Waals surface area contributed by atoms with Crippen molar-refractivity contribution in [1.82, 2.24) is 0 Å². The van der Waals surface area contributed by atoms with Crippen LogP contribution >= 0.6 is 11.6 Å². The van der Waals surface area contributed by atoms with Crippen LogP contribution in [0.3, 0.4) is 0 Å². The second kappa shape index (κ2) is 5.96. The maximum absolute atomic E-state index is 8.69. The van der Waals surface area contributed by atoms with Gasteiger partial charge in [-0.25, -0.2) is 0 Å². The Morgan fingerprint density at radius 3 is 2.78 bits per heavy atom. The van der Waals surface area contributed by atoms with Crippen molar-refractivity contribution in [3.63, 3.8) is 0 Å². The lowest BCUT2D eigenvalue weighted by Gasteiger charge is -2.23. The number of hydrogen-bond donors (Lipinski definition) is 3. The zero-order valence-electron chi connectivity index (χ0n) is 11.0. The maximum Gasteiger partial charge on any atom is 0.144 e. The van der Waals surface area contributed by atoms with Gasteiger partial charge in [-0.05, 0) is 31.0 Å². The molecule has 0 aliphatic carbocycles. The summed E-state index contributed by atoms with van der Waals surface area (Å²) >= 11 is 6.04. The fourth-order valence-electron chi connectivity index (χ4n) is 1.57. The van der Waals surface area contributed by atoms with E-state index in [2.05, 4.69) is 10.5 Å². The predicted molar refractivity (Wildman–Crippen MR) is 76.5 cm³/mol. The molecule has 0 unspecified atom stereocenters. The third-order valence-electron chi connectivity index (χ3n) is 3.13. The minimum Gasteiger partial charge on any atom is -0.409 e. The molecule has 4 nitrogen and oxygen atoms in total. The summed E-state index contributed by atoms with van der Waals surface area (Å²) in [6, 6.07) is 5.76. The Bertz CT molecular complexity index is 444. The molecule has 5 heteroatoms. The second-order valence-corrected chi connectivity index (χ2v) is 5.37. The molecule has 100 valence electrons. The van der Waals surface area contributed by atoms with Gasteiger partial charge in [0.15, 0.2) is 0 Å². The van der Waals surface area contributed by atoms with E-state index in [0.29, 0.717) is 0 Å². The van der Waals surface area contributed by atoms with Crippen LogP contribution in [0.2, 0.25) is 5.02 Å². The summed E-state index contributed by atoms with van der Waals surface area (Å²) in [6.45, 7) is 6.58. The van der Waals surface area contributed by atoms with Gasteiger partial charge in [-0.1, -0.05) is 36.7 Å². The summed E-state index contributed by atoms with van der Waals surface area (Å²) in [5, 5.41) is 15.8. The second-order valence-electron chi connectivity index (χ2n) is 4.96. The third kappa shape index (κ3) is 3.53. The molecule has 0 radical (unpaired) electrons. The highest BCUT2D eigenvalue weighted by Crippen LogP contribution is 2.24. The van der Waals surface area contributed by atoms with Crippen LogP contribution in [-0.2, 0) is 0 Å². The largest absolute Gasteiger partial charge is 0.409 e. The minimum absolute atomic E-state index is 0.243. The van der Waals surface area contributed by atoms with Gasteiger partial charge >= 0.3 is 0 Å². The number of rotatable bonds is 5. The monoisotopic (exact) mass is 269 g/mol. The van der Waals surface area contributed by atoms with Crippen LogP contribution in [0.4, 0.5) is 5.69 Å². The van der Waals surface area contributed by atoms with Gasteiger partial charge in [-0.3, -0.25) is 0 Å².